The van der Waals surface area contributed by atoms with E-state index in [1.54, 1.807) is 31.2 Å². The molecule has 4 rings (SSSR count). The van der Waals surface area contributed by atoms with Crippen molar-refractivity contribution in [1.29, 1.82) is 0 Å². The van der Waals surface area contributed by atoms with Crippen molar-refractivity contribution in [1.82, 2.24) is 0 Å². The first-order valence-electron chi connectivity index (χ1n) is 11.6. The summed E-state index contributed by atoms with van der Waals surface area (Å²) in [5.74, 6) is -1.93. The fourth-order valence-electron chi connectivity index (χ4n) is 4.32. The number of aryl methyl sites for hydroxylation is 2. The molecule has 0 aliphatic carbocycles. The third kappa shape index (κ3) is 5.01. The summed E-state index contributed by atoms with van der Waals surface area (Å²) in [6, 6.07) is 22.8. The SMILES string of the molecule is CCOC(=O)c1ccc(N2C(=O)C(O)=C(C(=O)CCc3ccccc3)C2c2cccc(C)c2)cc1. The van der Waals surface area contributed by atoms with E-state index < -0.39 is 23.7 Å². The van der Waals surface area contributed by atoms with Crippen molar-refractivity contribution in [3.05, 3.63) is 112 Å². The van der Waals surface area contributed by atoms with Gasteiger partial charge in [0.25, 0.3) is 5.91 Å². The van der Waals surface area contributed by atoms with Crippen molar-refractivity contribution in [2.24, 2.45) is 0 Å². The van der Waals surface area contributed by atoms with Gasteiger partial charge in [0.2, 0.25) is 0 Å². The Morgan fingerprint density at radius 2 is 1.69 bits per heavy atom. The van der Waals surface area contributed by atoms with E-state index >= 15 is 0 Å². The number of carbonyl (C=O) groups excluding carboxylic acids is 3. The van der Waals surface area contributed by atoms with Gasteiger partial charge >= 0.3 is 5.97 Å². The molecular formula is C29H27NO5. The van der Waals surface area contributed by atoms with Gasteiger partial charge in [0.15, 0.2) is 11.5 Å². The number of hydrogen-bond donors (Lipinski definition) is 1. The minimum Gasteiger partial charge on any atom is -0.503 e. The molecule has 1 aliphatic rings. The molecule has 3 aromatic rings. The van der Waals surface area contributed by atoms with Gasteiger partial charge in [-0.25, -0.2) is 4.79 Å². The molecule has 0 saturated carbocycles. The lowest BCUT2D eigenvalue weighted by Gasteiger charge is -2.27. The highest BCUT2D eigenvalue weighted by Crippen LogP contribution is 2.41. The van der Waals surface area contributed by atoms with Crippen LogP contribution < -0.4 is 4.90 Å². The van der Waals surface area contributed by atoms with Gasteiger partial charge in [0, 0.05) is 12.1 Å². The minimum atomic E-state index is -0.779. The molecule has 1 N–H and O–H groups in total. The molecule has 0 spiro atoms. The summed E-state index contributed by atoms with van der Waals surface area (Å²) in [5.41, 5.74) is 3.60. The van der Waals surface area contributed by atoms with Crippen LogP contribution >= 0.6 is 0 Å². The van der Waals surface area contributed by atoms with Crippen LogP contribution in [0.3, 0.4) is 0 Å². The predicted octanol–water partition coefficient (Wildman–Crippen LogP) is 5.27. The van der Waals surface area contributed by atoms with Gasteiger partial charge in [-0.1, -0.05) is 60.2 Å². The lowest BCUT2D eigenvalue weighted by molar-refractivity contribution is -0.118. The number of ether oxygens (including phenoxy) is 1. The van der Waals surface area contributed by atoms with E-state index in [1.165, 1.54) is 4.90 Å². The molecule has 6 heteroatoms. The fraction of sp³-hybridized carbons (Fsp3) is 0.207. The largest absolute Gasteiger partial charge is 0.503 e. The van der Waals surface area contributed by atoms with E-state index in [4.69, 9.17) is 4.74 Å². The first-order valence-corrected chi connectivity index (χ1v) is 11.6. The Balaban J connectivity index is 1.70. The summed E-state index contributed by atoms with van der Waals surface area (Å²) in [7, 11) is 0. The van der Waals surface area contributed by atoms with Crippen LogP contribution in [0.5, 0.6) is 0 Å². The molecule has 1 atom stereocenters. The van der Waals surface area contributed by atoms with Crippen LogP contribution in [0.2, 0.25) is 0 Å². The number of rotatable bonds is 8. The zero-order chi connectivity index (χ0) is 24.9. The van der Waals surface area contributed by atoms with Crippen molar-refractivity contribution >= 4 is 23.3 Å². The molecular weight excluding hydrogens is 442 g/mol. The first-order chi connectivity index (χ1) is 16.9. The summed E-state index contributed by atoms with van der Waals surface area (Å²) >= 11 is 0. The second-order valence-corrected chi connectivity index (χ2v) is 8.43. The second kappa shape index (κ2) is 10.4. The Kier molecular flexibility index (Phi) is 7.11. The van der Waals surface area contributed by atoms with E-state index in [9.17, 15) is 19.5 Å². The van der Waals surface area contributed by atoms with E-state index in [0.29, 0.717) is 17.7 Å². The Bertz CT molecular complexity index is 1280. The van der Waals surface area contributed by atoms with Crippen LogP contribution in [-0.2, 0) is 20.7 Å². The summed E-state index contributed by atoms with van der Waals surface area (Å²) in [4.78, 5) is 40.1. The number of ketones is 1. The Hall–Kier alpha value is -4.19. The van der Waals surface area contributed by atoms with E-state index in [1.807, 2.05) is 61.5 Å². The van der Waals surface area contributed by atoms with Crippen LogP contribution in [0.15, 0.2) is 90.2 Å². The first kappa shape index (κ1) is 24.0. The molecule has 0 aromatic heterocycles. The molecule has 35 heavy (non-hydrogen) atoms. The predicted molar refractivity (Wildman–Crippen MR) is 133 cm³/mol. The summed E-state index contributed by atoms with van der Waals surface area (Å²) in [5, 5.41) is 10.9. The summed E-state index contributed by atoms with van der Waals surface area (Å²) < 4.78 is 5.03. The Labute approximate surface area is 204 Å². The monoisotopic (exact) mass is 469 g/mol. The molecule has 1 unspecified atom stereocenters. The van der Waals surface area contributed by atoms with Crippen LogP contribution in [0, 0.1) is 6.92 Å². The molecule has 0 saturated heterocycles. The van der Waals surface area contributed by atoms with Gasteiger partial charge in [0.05, 0.1) is 23.8 Å². The summed E-state index contributed by atoms with van der Waals surface area (Å²) in [6.07, 6.45) is 0.661. The van der Waals surface area contributed by atoms with Crippen LogP contribution in [0.1, 0.15) is 46.4 Å². The van der Waals surface area contributed by atoms with E-state index in [0.717, 1.165) is 16.7 Å². The lowest BCUT2D eigenvalue weighted by atomic mass is 9.92. The number of esters is 1. The van der Waals surface area contributed by atoms with Gasteiger partial charge < -0.3 is 9.84 Å². The average molecular weight is 470 g/mol. The number of aliphatic hydroxyl groups excluding tert-OH is 1. The maximum absolute atomic E-state index is 13.4. The van der Waals surface area contributed by atoms with Gasteiger partial charge in [-0.05, 0) is 55.7 Å². The zero-order valence-electron chi connectivity index (χ0n) is 19.7. The third-order valence-corrected chi connectivity index (χ3v) is 6.01. The third-order valence-electron chi connectivity index (χ3n) is 6.01. The van der Waals surface area contributed by atoms with Crippen molar-refractivity contribution in [2.75, 3.05) is 11.5 Å². The standard InChI is InChI=1S/C29H27NO5/c1-3-35-29(34)21-13-15-23(16-14-21)30-26(22-11-7-8-19(2)18-22)25(27(32)28(30)33)24(31)17-12-20-9-5-4-6-10-20/h4-11,13-16,18,26,32H,3,12,17H2,1-2H3. The van der Waals surface area contributed by atoms with E-state index in [2.05, 4.69) is 0 Å². The number of carbonyl (C=O) groups is 3. The molecule has 1 heterocycles. The molecule has 0 bridgehead atoms. The van der Waals surface area contributed by atoms with Gasteiger partial charge in [-0.15, -0.1) is 0 Å². The Morgan fingerprint density at radius 1 is 0.971 bits per heavy atom. The fourth-order valence-corrected chi connectivity index (χ4v) is 4.32. The number of nitrogens with zero attached hydrogens (tertiary/aromatic N) is 1. The van der Waals surface area contributed by atoms with Gasteiger partial charge in [-0.3, -0.25) is 14.5 Å². The van der Waals surface area contributed by atoms with Gasteiger partial charge in [-0.2, -0.15) is 0 Å². The Morgan fingerprint density at radius 3 is 2.34 bits per heavy atom. The molecule has 1 amide bonds. The topological polar surface area (TPSA) is 83.9 Å². The molecule has 0 fully saturated rings. The minimum absolute atomic E-state index is 0.0889. The number of anilines is 1. The highest BCUT2D eigenvalue weighted by atomic mass is 16.5. The van der Waals surface area contributed by atoms with Crippen LogP contribution in [0.4, 0.5) is 5.69 Å². The van der Waals surface area contributed by atoms with Gasteiger partial charge in [0.1, 0.15) is 0 Å². The highest BCUT2D eigenvalue weighted by Gasteiger charge is 2.44. The molecule has 3 aromatic carbocycles. The van der Waals surface area contributed by atoms with Crippen molar-refractivity contribution in [2.45, 2.75) is 32.7 Å². The highest BCUT2D eigenvalue weighted by molar-refractivity contribution is 6.16. The molecule has 0 radical (unpaired) electrons. The normalized spacial score (nSPS) is 15.4. The average Bonchev–Trinajstić information content (AvgIpc) is 3.14. The molecule has 6 nitrogen and oxygen atoms in total. The molecule has 178 valence electrons. The van der Waals surface area contributed by atoms with E-state index in [-0.39, 0.29) is 24.4 Å². The quantitative estimate of drug-likeness (QED) is 0.454. The van der Waals surface area contributed by atoms with Crippen molar-refractivity contribution in [3.63, 3.8) is 0 Å². The smallest absolute Gasteiger partial charge is 0.338 e. The lowest BCUT2D eigenvalue weighted by Crippen LogP contribution is -2.31. The number of benzene rings is 3. The van der Waals surface area contributed by atoms with Crippen LogP contribution in [0.25, 0.3) is 0 Å². The molecule has 1 aliphatic heterocycles. The maximum atomic E-state index is 13.4. The van der Waals surface area contributed by atoms with Crippen molar-refractivity contribution in [3.8, 4) is 0 Å². The number of hydrogen-bond acceptors (Lipinski definition) is 5. The maximum Gasteiger partial charge on any atom is 0.338 e. The zero-order valence-corrected chi connectivity index (χ0v) is 19.7. The number of Topliss-reactive ketones (excluding diaryl/α,β-unsaturated/α-hetero) is 1. The number of amides is 1. The summed E-state index contributed by atoms with van der Waals surface area (Å²) in [6.45, 7) is 3.92. The van der Waals surface area contributed by atoms with Crippen LogP contribution in [-0.4, -0.2) is 29.4 Å². The second-order valence-electron chi connectivity index (χ2n) is 8.43. The number of aliphatic hydroxyl groups is 1. The van der Waals surface area contributed by atoms with Crippen molar-refractivity contribution < 1.29 is 24.2 Å².